The van der Waals surface area contributed by atoms with Crippen molar-refractivity contribution in [1.29, 1.82) is 0 Å². The molecule has 0 saturated heterocycles. The molecule has 0 unspecified atom stereocenters. The van der Waals surface area contributed by atoms with E-state index in [1.54, 1.807) is 12.5 Å². The van der Waals surface area contributed by atoms with Crippen molar-refractivity contribution in [3.63, 3.8) is 0 Å². The molecule has 0 aliphatic heterocycles. The van der Waals surface area contributed by atoms with Gasteiger partial charge < -0.3 is 9.88 Å². The topological polar surface area (TPSA) is 46.9 Å². The zero-order chi connectivity index (χ0) is 15.2. The van der Waals surface area contributed by atoms with E-state index in [1.807, 2.05) is 35.0 Å². The second kappa shape index (κ2) is 4.85. The predicted octanol–water partition coefficient (Wildman–Crippen LogP) is 3.12. The number of halogens is 1. The Balaban J connectivity index is 1.52. The summed E-state index contributed by atoms with van der Waals surface area (Å²) in [6.07, 6.45) is 9.24. The molecule has 1 heterocycles. The third-order valence-electron chi connectivity index (χ3n) is 4.87. The molecule has 114 valence electrons. The fourth-order valence-electron chi connectivity index (χ4n) is 3.12. The SMILES string of the molecule is O=C(NC1(c2ccccc2Cl)CC1)C1(Cn2ccnc2)CC1. The molecule has 0 radical (unpaired) electrons. The molecule has 22 heavy (non-hydrogen) atoms. The Kier molecular flexibility index (Phi) is 3.05. The largest absolute Gasteiger partial charge is 0.346 e. The lowest BCUT2D eigenvalue weighted by Gasteiger charge is -2.23. The minimum Gasteiger partial charge on any atom is -0.346 e. The summed E-state index contributed by atoms with van der Waals surface area (Å²) in [6.45, 7) is 0.706. The molecule has 1 amide bonds. The van der Waals surface area contributed by atoms with Crippen LogP contribution in [0.15, 0.2) is 43.0 Å². The van der Waals surface area contributed by atoms with Crippen molar-refractivity contribution in [1.82, 2.24) is 14.9 Å². The van der Waals surface area contributed by atoms with Crippen molar-refractivity contribution in [3.05, 3.63) is 53.6 Å². The number of aromatic nitrogens is 2. The third-order valence-corrected chi connectivity index (χ3v) is 5.20. The van der Waals surface area contributed by atoms with E-state index in [4.69, 9.17) is 11.6 Å². The van der Waals surface area contributed by atoms with Crippen LogP contribution in [0.1, 0.15) is 31.2 Å². The van der Waals surface area contributed by atoms with Gasteiger partial charge >= 0.3 is 0 Å². The van der Waals surface area contributed by atoms with E-state index in [9.17, 15) is 4.79 Å². The highest BCUT2D eigenvalue weighted by molar-refractivity contribution is 6.31. The molecule has 4 nitrogen and oxygen atoms in total. The number of rotatable bonds is 5. The highest BCUT2D eigenvalue weighted by atomic mass is 35.5. The molecule has 2 aromatic rings. The maximum absolute atomic E-state index is 12.8. The van der Waals surface area contributed by atoms with Crippen LogP contribution in [0.25, 0.3) is 0 Å². The second-order valence-corrected chi connectivity index (χ2v) is 6.94. The van der Waals surface area contributed by atoms with Crippen LogP contribution in [0, 0.1) is 5.41 Å². The number of carbonyl (C=O) groups excluding carboxylic acids is 1. The van der Waals surface area contributed by atoms with Gasteiger partial charge in [-0.15, -0.1) is 0 Å². The van der Waals surface area contributed by atoms with E-state index in [-0.39, 0.29) is 16.9 Å². The number of carbonyl (C=O) groups is 1. The van der Waals surface area contributed by atoms with E-state index in [1.165, 1.54) is 0 Å². The van der Waals surface area contributed by atoms with E-state index in [0.717, 1.165) is 36.3 Å². The fourth-order valence-corrected chi connectivity index (χ4v) is 3.44. The van der Waals surface area contributed by atoms with E-state index in [2.05, 4.69) is 10.3 Å². The first-order valence-corrected chi connectivity index (χ1v) is 8.05. The van der Waals surface area contributed by atoms with Crippen LogP contribution in [-0.2, 0) is 16.9 Å². The van der Waals surface area contributed by atoms with Crippen LogP contribution in [-0.4, -0.2) is 15.5 Å². The van der Waals surface area contributed by atoms with Crippen LogP contribution in [0.2, 0.25) is 5.02 Å². The second-order valence-electron chi connectivity index (χ2n) is 6.53. The average Bonchev–Trinajstić information content (AvgIpc) is 3.40. The van der Waals surface area contributed by atoms with Crippen molar-refractivity contribution in [2.75, 3.05) is 0 Å². The van der Waals surface area contributed by atoms with Gasteiger partial charge in [0.1, 0.15) is 0 Å². The lowest BCUT2D eigenvalue weighted by molar-refractivity contribution is -0.128. The van der Waals surface area contributed by atoms with E-state index in [0.29, 0.717) is 6.54 Å². The molecule has 4 rings (SSSR count). The summed E-state index contributed by atoms with van der Waals surface area (Å²) in [7, 11) is 0. The number of hydrogen-bond acceptors (Lipinski definition) is 2. The van der Waals surface area contributed by atoms with Gasteiger partial charge in [-0.25, -0.2) is 4.98 Å². The molecule has 5 heteroatoms. The van der Waals surface area contributed by atoms with Crippen molar-refractivity contribution < 1.29 is 4.79 Å². The van der Waals surface area contributed by atoms with E-state index >= 15 is 0 Å². The van der Waals surface area contributed by atoms with Crippen molar-refractivity contribution in [2.24, 2.45) is 5.41 Å². The lowest BCUT2D eigenvalue weighted by atomic mass is 10.0. The van der Waals surface area contributed by atoms with Crippen LogP contribution in [0.5, 0.6) is 0 Å². The van der Waals surface area contributed by atoms with Crippen LogP contribution in [0.3, 0.4) is 0 Å². The normalized spacial score (nSPS) is 20.4. The Bertz CT molecular complexity index is 702. The van der Waals surface area contributed by atoms with Gasteiger partial charge in [-0.2, -0.15) is 0 Å². The molecule has 2 aliphatic rings. The monoisotopic (exact) mass is 315 g/mol. The highest BCUT2D eigenvalue weighted by Gasteiger charge is 2.55. The summed E-state index contributed by atoms with van der Waals surface area (Å²) in [6, 6.07) is 7.81. The van der Waals surface area contributed by atoms with Crippen molar-refractivity contribution >= 4 is 17.5 Å². The average molecular weight is 316 g/mol. The first-order chi connectivity index (χ1) is 10.6. The van der Waals surface area contributed by atoms with Crippen LogP contribution in [0.4, 0.5) is 0 Å². The maximum Gasteiger partial charge on any atom is 0.228 e. The molecule has 2 saturated carbocycles. The minimum atomic E-state index is -0.266. The number of hydrogen-bond donors (Lipinski definition) is 1. The number of nitrogens with zero attached hydrogens (tertiary/aromatic N) is 2. The molecular weight excluding hydrogens is 298 g/mol. The Morgan fingerprint density at radius 2 is 2.05 bits per heavy atom. The van der Waals surface area contributed by atoms with Gasteiger partial charge in [0.25, 0.3) is 0 Å². The van der Waals surface area contributed by atoms with Crippen molar-refractivity contribution in [2.45, 2.75) is 37.8 Å². The Morgan fingerprint density at radius 1 is 1.27 bits per heavy atom. The first kappa shape index (κ1) is 13.8. The third kappa shape index (κ3) is 2.31. The fraction of sp³-hybridized carbons (Fsp3) is 0.412. The molecule has 1 aromatic carbocycles. The zero-order valence-electron chi connectivity index (χ0n) is 12.3. The number of nitrogens with one attached hydrogen (secondary N) is 1. The molecule has 2 aliphatic carbocycles. The first-order valence-electron chi connectivity index (χ1n) is 7.67. The number of imidazole rings is 1. The Labute approximate surface area is 134 Å². The Hall–Kier alpha value is -1.81. The van der Waals surface area contributed by atoms with Crippen LogP contribution < -0.4 is 5.32 Å². The highest BCUT2D eigenvalue weighted by Crippen LogP contribution is 2.52. The van der Waals surface area contributed by atoms with Gasteiger partial charge in [0.05, 0.1) is 17.3 Å². The van der Waals surface area contributed by atoms with Gasteiger partial charge in [0.2, 0.25) is 5.91 Å². The lowest BCUT2D eigenvalue weighted by Crippen LogP contribution is -2.41. The number of amides is 1. The maximum atomic E-state index is 12.8. The molecule has 0 spiro atoms. The molecule has 1 N–H and O–H groups in total. The summed E-state index contributed by atoms with van der Waals surface area (Å²) >= 11 is 6.31. The predicted molar refractivity (Wildman–Crippen MR) is 84.4 cm³/mol. The molecule has 0 atom stereocenters. The zero-order valence-corrected chi connectivity index (χ0v) is 13.0. The summed E-state index contributed by atoms with van der Waals surface area (Å²) in [5, 5.41) is 4.02. The quantitative estimate of drug-likeness (QED) is 0.921. The molecule has 0 bridgehead atoms. The van der Waals surface area contributed by atoms with Crippen LogP contribution >= 0.6 is 11.6 Å². The van der Waals surface area contributed by atoms with Gasteiger partial charge in [-0.1, -0.05) is 29.8 Å². The minimum absolute atomic E-state index is 0.151. The number of benzene rings is 1. The molecular formula is C17H18ClN3O. The van der Waals surface area contributed by atoms with Gasteiger partial charge in [-0.3, -0.25) is 4.79 Å². The van der Waals surface area contributed by atoms with Gasteiger partial charge in [-0.05, 0) is 37.3 Å². The summed E-state index contributed by atoms with van der Waals surface area (Å²) < 4.78 is 1.99. The van der Waals surface area contributed by atoms with Gasteiger partial charge in [0, 0.05) is 24.0 Å². The summed E-state index contributed by atoms with van der Waals surface area (Å²) in [5.74, 6) is 0.151. The Morgan fingerprint density at radius 3 is 2.64 bits per heavy atom. The summed E-state index contributed by atoms with van der Waals surface area (Å²) in [4.78, 5) is 16.9. The van der Waals surface area contributed by atoms with Crippen molar-refractivity contribution in [3.8, 4) is 0 Å². The van der Waals surface area contributed by atoms with E-state index < -0.39 is 0 Å². The molecule has 2 fully saturated rings. The summed E-state index contributed by atoms with van der Waals surface area (Å²) in [5.41, 5.74) is 0.528. The standard InChI is InChI=1S/C17H18ClN3O/c18-14-4-2-1-3-13(14)17(7-8-17)20-15(22)16(5-6-16)11-21-10-9-19-12-21/h1-4,9-10,12H,5-8,11H2,(H,20,22). The molecule has 1 aromatic heterocycles. The smallest absolute Gasteiger partial charge is 0.228 e. The van der Waals surface area contributed by atoms with Gasteiger partial charge in [0.15, 0.2) is 0 Å².